The predicted molar refractivity (Wildman–Crippen MR) is 71.2 cm³/mol. The van der Waals surface area contributed by atoms with Crippen LogP contribution < -0.4 is 5.32 Å². The number of nitrogens with one attached hydrogen (secondary N) is 1. The van der Waals surface area contributed by atoms with Gasteiger partial charge in [-0.05, 0) is 37.7 Å². The van der Waals surface area contributed by atoms with E-state index in [0.717, 1.165) is 17.5 Å². The van der Waals surface area contributed by atoms with Crippen LogP contribution in [-0.4, -0.2) is 16.8 Å². The summed E-state index contributed by atoms with van der Waals surface area (Å²) in [6, 6.07) is 4.50. The summed E-state index contributed by atoms with van der Waals surface area (Å²) in [5.41, 5.74) is 1.40. The van der Waals surface area contributed by atoms with E-state index in [4.69, 9.17) is 0 Å². The van der Waals surface area contributed by atoms with Crippen LogP contribution >= 0.6 is 11.8 Å². The monoisotopic (exact) mass is 283 g/mol. The van der Waals surface area contributed by atoms with Gasteiger partial charge >= 0.3 is 0 Å². The van der Waals surface area contributed by atoms with E-state index in [1.54, 1.807) is 24.8 Å². The van der Waals surface area contributed by atoms with E-state index in [1.807, 2.05) is 6.92 Å². The Kier molecular flexibility index (Phi) is 4.21. The number of nitrogens with zero attached hydrogens (tertiary/aromatic N) is 2. The lowest BCUT2D eigenvalue weighted by Crippen LogP contribution is -2.06. The predicted octanol–water partition coefficient (Wildman–Crippen LogP) is 2.88. The second-order valence-corrected chi connectivity index (χ2v) is 5.30. The van der Waals surface area contributed by atoms with Gasteiger partial charge in [0.2, 0.25) is 0 Å². The van der Waals surface area contributed by atoms with Gasteiger partial charge in [-0.15, -0.1) is 0 Å². The Morgan fingerprint density at radius 3 is 2.37 bits per heavy atom. The van der Waals surface area contributed by atoms with Gasteiger partial charge in [-0.3, -0.25) is 4.68 Å². The van der Waals surface area contributed by atoms with Crippen molar-refractivity contribution in [2.24, 2.45) is 7.05 Å². The van der Waals surface area contributed by atoms with E-state index < -0.39 is 11.6 Å². The largest absolute Gasteiger partial charge is 0.316 e. The molecule has 0 saturated heterocycles. The van der Waals surface area contributed by atoms with Crippen LogP contribution in [-0.2, 0) is 13.6 Å². The fourth-order valence-corrected chi connectivity index (χ4v) is 2.73. The Morgan fingerprint density at radius 1 is 1.26 bits per heavy atom. The number of halogens is 2. The molecule has 0 radical (unpaired) electrons. The Hall–Kier alpha value is -1.40. The van der Waals surface area contributed by atoms with E-state index >= 15 is 0 Å². The molecule has 0 aliphatic heterocycles. The van der Waals surface area contributed by atoms with Crippen molar-refractivity contribution in [3.05, 3.63) is 41.1 Å². The number of aromatic nitrogens is 2. The summed E-state index contributed by atoms with van der Waals surface area (Å²) in [5.74, 6) is -1.09. The molecule has 2 rings (SSSR count). The lowest BCUT2D eigenvalue weighted by atomic mass is 10.2. The van der Waals surface area contributed by atoms with Crippen LogP contribution in [0.1, 0.15) is 11.3 Å². The molecule has 0 unspecified atom stereocenters. The van der Waals surface area contributed by atoms with Crippen molar-refractivity contribution in [2.45, 2.75) is 23.4 Å². The fraction of sp³-hybridized carbons (Fsp3) is 0.308. The van der Waals surface area contributed by atoms with Crippen LogP contribution in [0.2, 0.25) is 0 Å². The zero-order chi connectivity index (χ0) is 14.0. The summed E-state index contributed by atoms with van der Waals surface area (Å²) in [7, 11) is 3.48. The quantitative estimate of drug-likeness (QED) is 0.935. The molecule has 0 fully saturated rings. The van der Waals surface area contributed by atoms with Gasteiger partial charge in [0.1, 0.15) is 11.6 Å². The summed E-state index contributed by atoms with van der Waals surface area (Å²) in [6.07, 6.45) is 0. The molecular weight excluding hydrogens is 268 g/mol. The number of benzene rings is 1. The standard InChI is InChI=1S/C13H15F2N3S/c1-8-4-12(18(3)17-8)19-13-10(14)5-9(7-16-2)6-11(13)15/h4-6,16H,7H2,1-3H3. The third-order valence-corrected chi connectivity index (χ3v) is 3.79. The van der Waals surface area contributed by atoms with Crippen LogP contribution in [0.5, 0.6) is 0 Å². The summed E-state index contributed by atoms with van der Waals surface area (Å²) < 4.78 is 29.5. The molecule has 19 heavy (non-hydrogen) atoms. The molecule has 1 aromatic heterocycles. The molecule has 0 amide bonds. The van der Waals surface area contributed by atoms with Gasteiger partial charge in [0.15, 0.2) is 0 Å². The first-order valence-electron chi connectivity index (χ1n) is 5.82. The highest BCUT2D eigenvalue weighted by Gasteiger charge is 2.14. The van der Waals surface area contributed by atoms with Crippen molar-refractivity contribution < 1.29 is 8.78 Å². The average molecular weight is 283 g/mol. The van der Waals surface area contributed by atoms with Crippen LogP contribution in [0.15, 0.2) is 28.1 Å². The van der Waals surface area contributed by atoms with E-state index in [0.29, 0.717) is 17.1 Å². The maximum Gasteiger partial charge on any atom is 0.140 e. The van der Waals surface area contributed by atoms with Crippen molar-refractivity contribution >= 4 is 11.8 Å². The molecule has 3 nitrogen and oxygen atoms in total. The lowest BCUT2D eigenvalue weighted by Gasteiger charge is -2.07. The molecule has 0 bridgehead atoms. The maximum absolute atomic E-state index is 13.9. The van der Waals surface area contributed by atoms with Gasteiger partial charge in [0, 0.05) is 13.6 Å². The van der Waals surface area contributed by atoms with Crippen molar-refractivity contribution in [3.63, 3.8) is 0 Å². The van der Waals surface area contributed by atoms with Gasteiger partial charge in [-0.2, -0.15) is 5.10 Å². The number of hydrogen-bond donors (Lipinski definition) is 1. The van der Waals surface area contributed by atoms with Crippen LogP contribution in [0.4, 0.5) is 8.78 Å². The Balaban J connectivity index is 2.32. The van der Waals surface area contributed by atoms with Gasteiger partial charge in [-0.1, -0.05) is 11.8 Å². The molecular formula is C13H15F2N3S. The fourth-order valence-electron chi connectivity index (χ4n) is 1.80. The van der Waals surface area contributed by atoms with E-state index in [2.05, 4.69) is 10.4 Å². The highest BCUT2D eigenvalue weighted by molar-refractivity contribution is 7.99. The molecule has 102 valence electrons. The normalized spacial score (nSPS) is 11.0. The van der Waals surface area contributed by atoms with Crippen molar-refractivity contribution in [1.29, 1.82) is 0 Å². The van der Waals surface area contributed by atoms with Crippen molar-refractivity contribution in [3.8, 4) is 0 Å². The minimum absolute atomic E-state index is 0.00264. The molecule has 1 aromatic carbocycles. The van der Waals surface area contributed by atoms with Crippen molar-refractivity contribution in [2.75, 3.05) is 7.05 Å². The maximum atomic E-state index is 13.9. The Morgan fingerprint density at radius 2 is 1.89 bits per heavy atom. The third-order valence-electron chi connectivity index (χ3n) is 2.60. The number of rotatable bonds is 4. The van der Waals surface area contributed by atoms with E-state index in [9.17, 15) is 8.78 Å². The van der Waals surface area contributed by atoms with Gasteiger partial charge < -0.3 is 5.32 Å². The SMILES string of the molecule is CNCc1cc(F)c(Sc2cc(C)nn2C)c(F)c1. The number of hydrogen-bond acceptors (Lipinski definition) is 3. The van der Waals surface area contributed by atoms with Crippen molar-refractivity contribution in [1.82, 2.24) is 15.1 Å². The summed E-state index contributed by atoms with van der Waals surface area (Å²) in [5, 5.41) is 7.73. The first-order chi connectivity index (χ1) is 9.01. The number of aryl methyl sites for hydroxylation is 2. The summed E-state index contributed by atoms with van der Waals surface area (Å²) in [4.78, 5) is 0.00264. The summed E-state index contributed by atoms with van der Waals surface area (Å²) in [6.45, 7) is 2.27. The molecule has 0 spiro atoms. The summed E-state index contributed by atoms with van der Waals surface area (Å²) >= 11 is 1.05. The molecule has 0 saturated carbocycles. The minimum Gasteiger partial charge on any atom is -0.316 e. The Labute approximate surface area is 115 Å². The van der Waals surface area contributed by atoms with Gasteiger partial charge in [0.25, 0.3) is 0 Å². The van der Waals surface area contributed by atoms with Gasteiger partial charge in [-0.25, -0.2) is 8.78 Å². The Bertz CT molecular complexity index is 573. The molecule has 1 N–H and O–H groups in total. The van der Waals surface area contributed by atoms with Crippen LogP contribution in [0.3, 0.4) is 0 Å². The molecule has 0 atom stereocenters. The smallest absolute Gasteiger partial charge is 0.140 e. The molecule has 1 heterocycles. The zero-order valence-electron chi connectivity index (χ0n) is 11.0. The molecule has 2 aromatic rings. The average Bonchev–Trinajstić information content (AvgIpc) is 2.63. The first-order valence-corrected chi connectivity index (χ1v) is 6.64. The van der Waals surface area contributed by atoms with Gasteiger partial charge in [0.05, 0.1) is 15.6 Å². The topological polar surface area (TPSA) is 29.9 Å². The third kappa shape index (κ3) is 3.13. The minimum atomic E-state index is -0.547. The first kappa shape index (κ1) is 14.0. The molecule has 0 aliphatic carbocycles. The van der Waals surface area contributed by atoms with Crippen LogP contribution in [0.25, 0.3) is 0 Å². The molecule has 0 aliphatic rings. The second-order valence-electron chi connectivity index (χ2n) is 4.27. The zero-order valence-corrected chi connectivity index (χ0v) is 11.8. The van der Waals surface area contributed by atoms with E-state index in [-0.39, 0.29) is 4.90 Å². The highest BCUT2D eigenvalue weighted by Crippen LogP contribution is 2.32. The molecule has 6 heteroatoms. The van der Waals surface area contributed by atoms with Crippen LogP contribution in [0, 0.1) is 18.6 Å². The highest BCUT2D eigenvalue weighted by atomic mass is 32.2. The van der Waals surface area contributed by atoms with E-state index in [1.165, 1.54) is 12.1 Å². The lowest BCUT2D eigenvalue weighted by molar-refractivity contribution is 0.535. The second kappa shape index (κ2) is 5.71.